The van der Waals surface area contributed by atoms with Gasteiger partial charge in [-0.15, -0.1) is 0 Å². The normalized spacial score (nSPS) is 12.8. The summed E-state index contributed by atoms with van der Waals surface area (Å²) in [6.45, 7) is 3.79. The molecule has 0 amide bonds. The van der Waals surface area contributed by atoms with Crippen LogP contribution in [0, 0.1) is 6.92 Å². The van der Waals surface area contributed by atoms with Gasteiger partial charge in [-0.3, -0.25) is 14.3 Å². The van der Waals surface area contributed by atoms with Crippen LogP contribution in [0.2, 0.25) is 5.15 Å². The van der Waals surface area contributed by atoms with Gasteiger partial charge in [-0.05, 0) is 13.3 Å². The fourth-order valence-corrected chi connectivity index (χ4v) is 1.68. The molecule has 0 aromatic carbocycles. The van der Waals surface area contributed by atoms with E-state index in [9.17, 15) is 9.59 Å². The number of hydrogen-bond acceptors (Lipinski definition) is 3. The summed E-state index contributed by atoms with van der Waals surface area (Å²) in [6.07, 6.45) is 0.637. The Balaban J connectivity index is 3.38. The molecule has 0 aliphatic carbocycles. The molecule has 6 heteroatoms. The molecule has 1 atom stereocenters. The van der Waals surface area contributed by atoms with Gasteiger partial charge in [-0.2, -0.15) is 0 Å². The monoisotopic (exact) mass is 246 g/mol. The van der Waals surface area contributed by atoms with Crippen LogP contribution in [0.25, 0.3) is 0 Å². The van der Waals surface area contributed by atoms with Gasteiger partial charge in [0.2, 0.25) is 0 Å². The second-order valence-electron chi connectivity index (χ2n) is 3.56. The van der Waals surface area contributed by atoms with E-state index in [0.29, 0.717) is 18.6 Å². The Morgan fingerprint density at radius 3 is 2.62 bits per heavy atom. The lowest BCUT2D eigenvalue weighted by atomic mass is 10.2. The quantitative estimate of drug-likeness (QED) is 0.809. The highest BCUT2D eigenvalue weighted by atomic mass is 35.5. The number of halogens is 1. The van der Waals surface area contributed by atoms with Gasteiger partial charge >= 0.3 is 5.69 Å². The molecule has 5 nitrogen and oxygen atoms in total. The third-order valence-corrected chi connectivity index (χ3v) is 2.88. The SMILES string of the molecule is CCC(COC)n1c(=O)[nH]c(Cl)c(C)c1=O. The Morgan fingerprint density at radius 2 is 2.12 bits per heavy atom. The molecule has 1 aromatic heterocycles. The van der Waals surface area contributed by atoms with Crippen molar-refractivity contribution in [2.75, 3.05) is 13.7 Å². The number of aromatic nitrogens is 2. The van der Waals surface area contributed by atoms with Crippen molar-refractivity contribution in [3.8, 4) is 0 Å². The highest BCUT2D eigenvalue weighted by molar-refractivity contribution is 6.30. The molecule has 0 fully saturated rings. The lowest BCUT2D eigenvalue weighted by Gasteiger charge is -2.16. The Bertz CT molecular complexity index is 478. The van der Waals surface area contributed by atoms with Crippen molar-refractivity contribution >= 4 is 11.6 Å². The van der Waals surface area contributed by atoms with E-state index in [-0.39, 0.29) is 16.8 Å². The minimum atomic E-state index is -0.496. The third kappa shape index (κ3) is 2.36. The number of nitrogens with zero attached hydrogens (tertiary/aromatic N) is 1. The minimum absolute atomic E-state index is 0.0959. The summed E-state index contributed by atoms with van der Waals surface area (Å²) in [5.74, 6) is 0. The molecule has 90 valence electrons. The van der Waals surface area contributed by atoms with Crippen LogP contribution < -0.4 is 11.2 Å². The third-order valence-electron chi connectivity index (χ3n) is 2.50. The largest absolute Gasteiger partial charge is 0.383 e. The van der Waals surface area contributed by atoms with E-state index < -0.39 is 5.69 Å². The van der Waals surface area contributed by atoms with Gasteiger partial charge in [0.05, 0.1) is 12.6 Å². The molecular weight excluding hydrogens is 232 g/mol. The molecule has 1 aromatic rings. The van der Waals surface area contributed by atoms with E-state index >= 15 is 0 Å². The molecule has 0 radical (unpaired) electrons. The zero-order chi connectivity index (χ0) is 12.3. The highest BCUT2D eigenvalue weighted by Gasteiger charge is 2.16. The molecule has 1 unspecified atom stereocenters. The standard InChI is InChI=1S/C10H15ClN2O3/c1-4-7(5-16-3)13-9(14)6(2)8(11)12-10(13)15/h7H,4-5H2,1-3H3,(H,12,15). The number of methoxy groups -OCH3 is 1. The van der Waals surface area contributed by atoms with E-state index in [1.807, 2.05) is 6.92 Å². The van der Waals surface area contributed by atoms with Crippen molar-refractivity contribution in [3.05, 3.63) is 31.6 Å². The highest BCUT2D eigenvalue weighted by Crippen LogP contribution is 2.09. The Kier molecular flexibility index (Phi) is 4.32. The fraction of sp³-hybridized carbons (Fsp3) is 0.600. The van der Waals surface area contributed by atoms with Crippen LogP contribution in [0.4, 0.5) is 0 Å². The number of nitrogens with one attached hydrogen (secondary N) is 1. The first-order valence-corrected chi connectivity index (χ1v) is 5.40. The van der Waals surface area contributed by atoms with Crippen molar-refractivity contribution in [1.82, 2.24) is 9.55 Å². The van der Waals surface area contributed by atoms with Crippen LogP contribution in [0.5, 0.6) is 0 Å². The maximum absolute atomic E-state index is 11.9. The predicted octanol–water partition coefficient (Wildman–Crippen LogP) is 1.10. The van der Waals surface area contributed by atoms with Crippen LogP contribution in [0.15, 0.2) is 9.59 Å². The smallest absolute Gasteiger partial charge is 0.329 e. The maximum atomic E-state index is 11.9. The second kappa shape index (κ2) is 5.32. The molecule has 1 rings (SSSR count). The van der Waals surface area contributed by atoms with Crippen LogP contribution in [-0.2, 0) is 4.74 Å². The lowest BCUT2D eigenvalue weighted by Crippen LogP contribution is -2.40. The number of H-pyrrole nitrogens is 1. The summed E-state index contributed by atoms with van der Waals surface area (Å²) in [5.41, 5.74) is -0.516. The average molecular weight is 247 g/mol. The summed E-state index contributed by atoms with van der Waals surface area (Å²) in [5, 5.41) is 0.0959. The van der Waals surface area contributed by atoms with Crippen LogP contribution in [0.1, 0.15) is 24.9 Å². The van der Waals surface area contributed by atoms with Crippen LogP contribution >= 0.6 is 11.6 Å². The zero-order valence-corrected chi connectivity index (χ0v) is 10.3. The van der Waals surface area contributed by atoms with Crippen molar-refractivity contribution in [3.63, 3.8) is 0 Å². The van der Waals surface area contributed by atoms with E-state index in [4.69, 9.17) is 16.3 Å². The molecule has 0 bridgehead atoms. The summed E-state index contributed by atoms with van der Waals surface area (Å²) >= 11 is 5.72. The Morgan fingerprint density at radius 1 is 1.50 bits per heavy atom. The molecular formula is C10H15ClN2O3. The summed E-state index contributed by atoms with van der Waals surface area (Å²) in [4.78, 5) is 26.0. The van der Waals surface area contributed by atoms with Gasteiger partial charge in [-0.1, -0.05) is 18.5 Å². The number of aromatic amines is 1. The molecule has 16 heavy (non-hydrogen) atoms. The van der Waals surface area contributed by atoms with E-state index in [1.54, 1.807) is 6.92 Å². The molecule has 0 aliphatic rings. The van der Waals surface area contributed by atoms with Gasteiger partial charge in [0, 0.05) is 12.7 Å². The van der Waals surface area contributed by atoms with Gasteiger partial charge in [0.25, 0.3) is 5.56 Å². The molecule has 0 saturated heterocycles. The minimum Gasteiger partial charge on any atom is -0.383 e. The molecule has 1 heterocycles. The molecule has 0 spiro atoms. The van der Waals surface area contributed by atoms with Crippen molar-refractivity contribution in [1.29, 1.82) is 0 Å². The van der Waals surface area contributed by atoms with Crippen molar-refractivity contribution in [2.24, 2.45) is 0 Å². The van der Waals surface area contributed by atoms with Gasteiger partial charge in [-0.25, -0.2) is 4.79 Å². The number of ether oxygens (including phenoxy) is 1. The molecule has 0 aliphatic heterocycles. The average Bonchev–Trinajstić information content (AvgIpc) is 2.25. The summed E-state index contributed by atoms with van der Waals surface area (Å²) < 4.78 is 6.14. The lowest BCUT2D eigenvalue weighted by molar-refractivity contribution is 0.149. The fourth-order valence-electron chi connectivity index (χ4n) is 1.51. The van der Waals surface area contributed by atoms with Crippen LogP contribution in [0.3, 0.4) is 0 Å². The predicted molar refractivity (Wildman–Crippen MR) is 62.3 cm³/mol. The topological polar surface area (TPSA) is 64.1 Å². The second-order valence-corrected chi connectivity index (χ2v) is 3.94. The Labute approximate surface area is 98.0 Å². The van der Waals surface area contributed by atoms with Crippen molar-refractivity contribution < 1.29 is 4.74 Å². The van der Waals surface area contributed by atoms with E-state index in [1.165, 1.54) is 7.11 Å². The number of hydrogen-bond donors (Lipinski definition) is 1. The molecule has 1 N–H and O–H groups in total. The van der Waals surface area contributed by atoms with Gasteiger partial charge in [0.15, 0.2) is 0 Å². The number of rotatable bonds is 4. The Hall–Kier alpha value is -1.07. The first-order valence-electron chi connectivity index (χ1n) is 5.02. The first-order chi connectivity index (χ1) is 7.52. The maximum Gasteiger partial charge on any atom is 0.329 e. The van der Waals surface area contributed by atoms with E-state index in [2.05, 4.69) is 4.98 Å². The van der Waals surface area contributed by atoms with Gasteiger partial charge in [0.1, 0.15) is 5.15 Å². The zero-order valence-electron chi connectivity index (χ0n) is 9.54. The molecule has 0 saturated carbocycles. The summed E-state index contributed by atoms with van der Waals surface area (Å²) in [6, 6.07) is -0.266. The summed E-state index contributed by atoms with van der Waals surface area (Å²) in [7, 11) is 1.53. The van der Waals surface area contributed by atoms with Crippen LogP contribution in [-0.4, -0.2) is 23.3 Å². The van der Waals surface area contributed by atoms with E-state index in [0.717, 1.165) is 4.57 Å². The van der Waals surface area contributed by atoms with Crippen molar-refractivity contribution in [2.45, 2.75) is 26.3 Å². The first kappa shape index (κ1) is 13.0. The van der Waals surface area contributed by atoms with Gasteiger partial charge < -0.3 is 4.74 Å².